The zero-order valence-electron chi connectivity index (χ0n) is 12.7. The molecule has 1 atom stereocenters. The van der Waals surface area contributed by atoms with E-state index in [0.29, 0.717) is 0 Å². The molecule has 1 aromatic heterocycles. The molecule has 21 heavy (non-hydrogen) atoms. The molecular weight excluding hydrogens is 260 g/mol. The maximum Gasteiger partial charge on any atom is 0.226 e. The minimum absolute atomic E-state index is 0.237. The van der Waals surface area contributed by atoms with E-state index in [1.165, 1.54) is 5.56 Å². The summed E-state index contributed by atoms with van der Waals surface area (Å²) in [5.41, 5.74) is 10.5. The predicted octanol–water partition coefficient (Wildman–Crippen LogP) is 2.55. The second kappa shape index (κ2) is 5.82. The highest BCUT2D eigenvalue weighted by Gasteiger charge is 2.22. The number of aromatic nitrogens is 2. The third-order valence-corrected chi connectivity index (χ3v) is 4.01. The SMILES string of the molecule is CCc1ccc(-c2cc(C)nc(N3CCC(N)C3)n2)cc1. The molecule has 3 rings (SSSR count). The first-order valence-electron chi connectivity index (χ1n) is 7.61. The number of nitrogens with zero attached hydrogens (tertiary/aromatic N) is 3. The van der Waals surface area contributed by atoms with Crippen LogP contribution in [0, 0.1) is 6.92 Å². The maximum atomic E-state index is 5.98. The highest BCUT2D eigenvalue weighted by atomic mass is 15.3. The number of hydrogen-bond acceptors (Lipinski definition) is 4. The molecule has 0 amide bonds. The van der Waals surface area contributed by atoms with E-state index in [4.69, 9.17) is 10.7 Å². The van der Waals surface area contributed by atoms with Gasteiger partial charge in [-0.15, -0.1) is 0 Å². The van der Waals surface area contributed by atoms with Gasteiger partial charge >= 0.3 is 0 Å². The summed E-state index contributed by atoms with van der Waals surface area (Å²) in [4.78, 5) is 11.5. The van der Waals surface area contributed by atoms with Crippen molar-refractivity contribution in [2.24, 2.45) is 5.73 Å². The van der Waals surface area contributed by atoms with Crippen LogP contribution in [-0.2, 0) is 6.42 Å². The van der Waals surface area contributed by atoms with Crippen LogP contribution in [-0.4, -0.2) is 29.1 Å². The van der Waals surface area contributed by atoms with Gasteiger partial charge in [-0.1, -0.05) is 31.2 Å². The minimum atomic E-state index is 0.237. The Kier molecular flexibility index (Phi) is 3.88. The zero-order chi connectivity index (χ0) is 14.8. The van der Waals surface area contributed by atoms with Crippen molar-refractivity contribution in [2.45, 2.75) is 32.7 Å². The van der Waals surface area contributed by atoms with Crippen molar-refractivity contribution in [3.05, 3.63) is 41.6 Å². The van der Waals surface area contributed by atoms with Gasteiger partial charge in [0.2, 0.25) is 5.95 Å². The Morgan fingerprint density at radius 1 is 1.24 bits per heavy atom. The van der Waals surface area contributed by atoms with Crippen molar-refractivity contribution in [2.75, 3.05) is 18.0 Å². The van der Waals surface area contributed by atoms with Crippen molar-refractivity contribution in [3.8, 4) is 11.3 Å². The fourth-order valence-electron chi connectivity index (χ4n) is 2.72. The molecule has 0 saturated carbocycles. The molecule has 2 heterocycles. The molecule has 0 aliphatic carbocycles. The lowest BCUT2D eigenvalue weighted by Crippen LogP contribution is -2.27. The van der Waals surface area contributed by atoms with Crippen LogP contribution in [0.25, 0.3) is 11.3 Å². The van der Waals surface area contributed by atoms with Crippen molar-refractivity contribution in [3.63, 3.8) is 0 Å². The molecular formula is C17H22N4. The lowest BCUT2D eigenvalue weighted by Gasteiger charge is -2.17. The standard InChI is InChI=1S/C17H22N4/c1-3-13-4-6-14(7-5-13)16-10-12(2)19-17(20-16)21-9-8-15(18)11-21/h4-7,10,15H,3,8-9,11,18H2,1-2H3. The van der Waals surface area contributed by atoms with Crippen LogP contribution in [0.5, 0.6) is 0 Å². The molecule has 1 aliphatic rings. The monoisotopic (exact) mass is 282 g/mol. The highest BCUT2D eigenvalue weighted by Crippen LogP contribution is 2.23. The van der Waals surface area contributed by atoms with Crippen LogP contribution < -0.4 is 10.6 Å². The summed E-state index contributed by atoms with van der Waals surface area (Å²) < 4.78 is 0. The number of rotatable bonds is 3. The molecule has 1 fully saturated rings. The van der Waals surface area contributed by atoms with Crippen LogP contribution in [0.3, 0.4) is 0 Å². The number of aryl methyl sites for hydroxylation is 2. The van der Waals surface area contributed by atoms with Crippen LogP contribution in [0.1, 0.15) is 24.6 Å². The third-order valence-electron chi connectivity index (χ3n) is 4.01. The quantitative estimate of drug-likeness (QED) is 0.940. The molecule has 1 saturated heterocycles. The van der Waals surface area contributed by atoms with Crippen molar-refractivity contribution in [1.82, 2.24) is 9.97 Å². The molecule has 4 nitrogen and oxygen atoms in total. The summed E-state index contributed by atoms with van der Waals surface area (Å²) in [6.07, 6.45) is 2.07. The van der Waals surface area contributed by atoms with Gasteiger partial charge in [-0.05, 0) is 31.4 Å². The Hall–Kier alpha value is -1.94. The van der Waals surface area contributed by atoms with E-state index < -0.39 is 0 Å². The summed E-state index contributed by atoms with van der Waals surface area (Å²) in [7, 11) is 0. The second-order valence-electron chi connectivity index (χ2n) is 5.74. The van der Waals surface area contributed by atoms with Gasteiger partial charge in [0, 0.05) is 30.4 Å². The Labute approximate surface area is 126 Å². The zero-order valence-corrected chi connectivity index (χ0v) is 12.7. The Morgan fingerprint density at radius 3 is 2.62 bits per heavy atom. The van der Waals surface area contributed by atoms with Gasteiger partial charge in [-0.25, -0.2) is 9.97 Å². The van der Waals surface area contributed by atoms with Gasteiger partial charge in [-0.2, -0.15) is 0 Å². The highest BCUT2D eigenvalue weighted by molar-refractivity contribution is 5.61. The van der Waals surface area contributed by atoms with Gasteiger partial charge in [-0.3, -0.25) is 0 Å². The second-order valence-corrected chi connectivity index (χ2v) is 5.74. The first kappa shape index (κ1) is 14.0. The lowest BCUT2D eigenvalue weighted by molar-refractivity contribution is 0.750. The molecule has 1 aromatic carbocycles. The van der Waals surface area contributed by atoms with E-state index in [2.05, 4.69) is 41.1 Å². The van der Waals surface area contributed by atoms with Crippen LogP contribution in [0.2, 0.25) is 0 Å². The van der Waals surface area contributed by atoms with E-state index in [-0.39, 0.29) is 6.04 Å². The molecule has 1 aliphatic heterocycles. The van der Waals surface area contributed by atoms with E-state index >= 15 is 0 Å². The summed E-state index contributed by atoms with van der Waals surface area (Å²) in [5.74, 6) is 0.803. The smallest absolute Gasteiger partial charge is 0.226 e. The molecule has 0 bridgehead atoms. The summed E-state index contributed by atoms with van der Waals surface area (Å²) in [6.45, 7) is 5.97. The molecule has 1 unspecified atom stereocenters. The van der Waals surface area contributed by atoms with Gasteiger partial charge in [0.15, 0.2) is 0 Å². The fourth-order valence-corrected chi connectivity index (χ4v) is 2.72. The van der Waals surface area contributed by atoms with Crippen molar-refractivity contribution in [1.29, 1.82) is 0 Å². The minimum Gasteiger partial charge on any atom is -0.339 e. The van der Waals surface area contributed by atoms with Gasteiger partial charge < -0.3 is 10.6 Å². The first-order valence-corrected chi connectivity index (χ1v) is 7.61. The molecule has 0 radical (unpaired) electrons. The third kappa shape index (κ3) is 3.05. The van der Waals surface area contributed by atoms with Crippen LogP contribution >= 0.6 is 0 Å². The van der Waals surface area contributed by atoms with Gasteiger partial charge in [0.1, 0.15) is 0 Å². The maximum absolute atomic E-state index is 5.98. The lowest BCUT2D eigenvalue weighted by atomic mass is 10.1. The summed E-state index contributed by atoms with van der Waals surface area (Å²) in [6, 6.07) is 10.9. The van der Waals surface area contributed by atoms with E-state index in [9.17, 15) is 0 Å². The van der Waals surface area contributed by atoms with E-state index in [0.717, 1.165) is 48.8 Å². The summed E-state index contributed by atoms with van der Waals surface area (Å²) >= 11 is 0. The number of anilines is 1. The summed E-state index contributed by atoms with van der Waals surface area (Å²) in [5, 5.41) is 0. The molecule has 110 valence electrons. The predicted molar refractivity (Wildman–Crippen MR) is 86.4 cm³/mol. The van der Waals surface area contributed by atoms with Gasteiger partial charge in [0.05, 0.1) is 5.69 Å². The van der Waals surface area contributed by atoms with Gasteiger partial charge in [0.25, 0.3) is 0 Å². The normalized spacial score (nSPS) is 18.2. The molecule has 0 spiro atoms. The van der Waals surface area contributed by atoms with Crippen molar-refractivity contribution >= 4 is 5.95 Å². The first-order chi connectivity index (χ1) is 10.2. The average Bonchev–Trinajstić information content (AvgIpc) is 2.93. The molecule has 2 aromatic rings. The van der Waals surface area contributed by atoms with Crippen molar-refractivity contribution < 1.29 is 0 Å². The Morgan fingerprint density at radius 2 is 2.00 bits per heavy atom. The number of nitrogens with two attached hydrogens (primary N) is 1. The van der Waals surface area contributed by atoms with Crippen LogP contribution in [0.4, 0.5) is 5.95 Å². The fraction of sp³-hybridized carbons (Fsp3) is 0.412. The van der Waals surface area contributed by atoms with E-state index in [1.54, 1.807) is 0 Å². The Balaban J connectivity index is 1.93. The Bertz CT molecular complexity index is 621. The molecule has 2 N–H and O–H groups in total. The van der Waals surface area contributed by atoms with Crippen LogP contribution in [0.15, 0.2) is 30.3 Å². The molecule has 4 heteroatoms. The topological polar surface area (TPSA) is 55.0 Å². The van der Waals surface area contributed by atoms with E-state index in [1.807, 2.05) is 13.0 Å². The number of hydrogen-bond donors (Lipinski definition) is 1. The number of benzene rings is 1. The average molecular weight is 282 g/mol. The largest absolute Gasteiger partial charge is 0.339 e.